The Bertz CT molecular complexity index is 2880. The molecule has 692 valence electrons. The Morgan fingerprint density at radius 2 is 0.380 bits per heavy atom. The molecule has 0 spiro atoms. The Hall–Kier alpha value is -3.64. The Labute approximate surface area is 773 Å². The number of hydrogen-bond acceptors (Lipinski definition) is 14. The first-order valence-electron chi connectivity index (χ1n) is 50.1. The molecule has 0 aromatic heterocycles. The molecule has 14 nitrogen and oxygen atoms in total. The SMILES string of the molecule is CCCCCCCCCCCCCCCC/C=C/CCCCOC(=O)c1cccc(S(=O)(=O)[O-])c1C(=O)OCCCC/C=C/CCCCCCCCCCCCCCCC.CCCCCCCCCCCCCCCC/C=C/CCCCOC(=O)c1cccc(S(=O)(=O)[O-])c1C(=O)OCCCC/C=C/CCCCCCCCCCCCCCCC.[Ca+2]. The molecule has 0 aliphatic carbocycles. The summed E-state index contributed by atoms with van der Waals surface area (Å²) < 4.78 is 93.7. The second kappa shape index (κ2) is 88.4. The standard InChI is InChI=1S/2C52H90O7S.Ca/c2*1-3-5-7-9-11-13-15-17-19-21-23-25-27-29-31-33-35-37-39-41-46-58-51(53)48-44-43-45-49(60(55,56)57)50(48)52(54)59-47-42-40-38-36-34-32-30-28-26-24-22-20-18-16-14-12-10-8-6-4-2;/h2*33-36,43-45H,3-32,37-42,46-47H2,1-2H3,(H,55,56,57);/q;;+2/p-2/b2*35-33+,36-34+;. The average Bonchev–Trinajstić information content (AvgIpc) is 0.796. The molecule has 0 heterocycles. The van der Waals surface area contributed by atoms with Gasteiger partial charge >= 0.3 is 61.6 Å². The summed E-state index contributed by atoms with van der Waals surface area (Å²) in [5.41, 5.74) is -1.62. The van der Waals surface area contributed by atoms with E-state index in [9.17, 15) is 45.1 Å². The summed E-state index contributed by atoms with van der Waals surface area (Å²) in [5, 5.41) is 0. The summed E-state index contributed by atoms with van der Waals surface area (Å²) in [6.07, 6.45) is 107. The molecule has 0 amide bonds. The van der Waals surface area contributed by atoms with Crippen LogP contribution in [0.2, 0.25) is 0 Å². The molecule has 0 fully saturated rings. The van der Waals surface area contributed by atoms with E-state index < -0.39 is 65.0 Å². The van der Waals surface area contributed by atoms with Crippen LogP contribution in [0, 0.1) is 0 Å². The number of carbonyl (C=O) groups excluding carboxylic acids is 4. The third-order valence-corrected chi connectivity index (χ3v) is 24.8. The third-order valence-electron chi connectivity index (χ3n) is 23.0. The molecule has 0 bridgehead atoms. The van der Waals surface area contributed by atoms with Gasteiger partial charge in [0.05, 0.1) is 58.5 Å². The predicted molar refractivity (Wildman–Crippen MR) is 507 cm³/mol. The minimum absolute atomic E-state index is 0. The molecule has 121 heavy (non-hydrogen) atoms. The van der Waals surface area contributed by atoms with Gasteiger partial charge in [-0.15, -0.1) is 0 Å². The number of ether oxygens (including phenoxy) is 4. The van der Waals surface area contributed by atoms with E-state index >= 15 is 0 Å². The molecular formula is C104H178CaO14S2. The Balaban J connectivity index is 0.00000236. The molecule has 0 saturated carbocycles. The van der Waals surface area contributed by atoms with Crippen LogP contribution in [-0.2, 0) is 39.2 Å². The quantitative estimate of drug-likeness (QED) is 0.0150. The van der Waals surface area contributed by atoms with E-state index in [0.717, 1.165) is 89.2 Å². The van der Waals surface area contributed by atoms with Gasteiger partial charge in [0.2, 0.25) is 0 Å². The van der Waals surface area contributed by atoms with Crippen LogP contribution in [0.25, 0.3) is 0 Å². The fraction of sp³-hybridized carbons (Fsp3) is 0.769. The van der Waals surface area contributed by atoms with Crippen LogP contribution in [0.5, 0.6) is 0 Å². The Morgan fingerprint density at radius 3 is 0.545 bits per heavy atom. The Kier molecular flexibility index (Phi) is 85.7. The molecule has 0 radical (unpaired) electrons. The van der Waals surface area contributed by atoms with Crippen molar-refractivity contribution in [2.24, 2.45) is 0 Å². The van der Waals surface area contributed by atoms with E-state index in [0.29, 0.717) is 25.7 Å². The zero-order chi connectivity index (χ0) is 87.2. The molecule has 2 rings (SSSR count). The van der Waals surface area contributed by atoms with Gasteiger partial charge in [-0.2, -0.15) is 0 Å². The molecule has 0 unspecified atom stereocenters. The number of rotatable bonds is 86. The third kappa shape index (κ3) is 73.0. The summed E-state index contributed by atoms with van der Waals surface area (Å²) in [5.74, 6) is -3.70. The maximum atomic E-state index is 13.0. The van der Waals surface area contributed by atoms with Gasteiger partial charge in [0, 0.05) is 0 Å². The van der Waals surface area contributed by atoms with E-state index in [1.54, 1.807) is 0 Å². The van der Waals surface area contributed by atoms with Gasteiger partial charge in [0.25, 0.3) is 0 Å². The van der Waals surface area contributed by atoms with Gasteiger partial charge in [-0.1, -0.05) is 422 Å². The van der Waals surface area contributed by atoms with Crippen LogP contribution in [0.4, 0.5) is 0 Å². The van der Waals surface area contributed by atoms with Crippen LogP contribution >= 0.6 is 0 Å². The van der Waals surface area contributed by atoms with Crippen molar-refractivity contribution in [1.82, 2.24) is 0 Å². The first-order chi connectivity index (χ1) is 58.6. The second-order valence-electron chi connectivity index (χ2n) is 34.2. The number of allylic oxidation sites excluding steroid dienone is 8. The van der Waals surface area contributed by atoms with Crippen LogP contribution in [0.3, 0.4) is 0 Å². The molecule has 2 aromatic rings. The van der Waals surface area contributed by atoms with Crippen molar-refractivity contribution < 1.29 is 64.1 Å². The van der Waals surface area contributed by atoms with Crippen LogP contribution in [0.15, 0.2) is 94.8 Å². The number of esters is 4. The van der Waals surface area contributed by atoms with E-state index in [-0.39, 0.29) is 75.3 Å². The van der Waals surface area contributed by atoms with E-state index in [2.05, 4.69) is 76.3 Å². The largest absolute Gasteiger partial charge is 2.00 e. The molecule has 0 atom stereocenters. The van der Waals surface area contributed by atoms with Crippen molar-refractivity contribution in [2.45, 2.75) is 500 Å². The molecule has 0 saturated heterocycles. The molecule has 17 heteroatoms. The second-order valence-corrected chi connectivity index (χ2v) is 36.9. The van der Waals surface area contributed by atoms with Gasteiger partial charge in [0.15, 0.2) is 0 Å². The molecule has 2 aromatic carbocycles. The summed E-state index contributed by atoms with van der Waals surface area (Å²) in [6, 6.07) is 7.21. The topological polar surface area (TPSA) is 220 Å². The summed E-state index contributed by atoms with van der Waals surface area (Å²) in [4.78, 5) is 50.5. The summed E-state index contributed by atoms with van der Waals surface area (Å²) in [6.45, 7) is 9.44. The molecular weight excluding hydrogens is 1580 g/mol. The van der Waals surface area contributed by atoms with Gasteiger partial charge < -0.3 is 28.1 Å². The van der Waals surface area contributed by atoms with Gasteiger partial charge in [-0.3, -0.25) is 0 Å². The maximum Gasteiger partial charge on any atom is 2.00 e. The summed E-state index contributed by atoms with van der Waals surface area (Å²) >= 11 is 0. The van der Waals surface area contributed by atoms with Crippen LogP contribution in [-0.4, -0.2) is 114 Å². The first-order valence-corrected chi connectivity index (χ1v) is 52.9. The van der Waals surface area contributed by atoms with E-state index in [1.807, 2.05) is 0 Å². The molecule has 0 aliphatic heterocycles. The average molecular weight is 1760 g/mol. The number of benzene rings is 2. The van der Waals surface area contributed by atoms with Crippen molar-refractivity contribution in [3.05, 3.63) is 107 Å². The van der Waals surface area contributed by atoms with Crippen molar-refractivity contribution in [2.75, 3.05) is 26.4 Å². The fourth-order valence-corrected chi connectivity index (χ4v) is 16.8. The van der Waals surface area contributed by atoms with Crippen LogP contribution in [0.1, 0.15) is 531 Å². The van der Waals surface area contributed by atoms with Gasteiger partial charge in [0.1, 0.15) is 20.2 Å². The zero-order valence-electron chi connectivity index (χ0n) is 78.1. The van der Waals surface area contributed by atoms with E-state index in [4.69, 9.17) is 18.9 Å². The first kappa shape index (κ1) is 117. The minimum atomic E-state index is -5.03. The van der Waals surface area contributed by atoms with Crippen molar-refractivity contribution in [1.29, 1.82) is 0 Å². The number of carbonyl (C=O) groups is 4. The smallest absolute Gasteiger partial charge is 0.744 e. The number of unbranched alkanes of at least 4 members (excludes halogenated alkanes) is 64. The van der Waals surface area contributed by atoms with Gasteiger partial charge in [-0.05, 0) is 153 Å². The van der Waals surface area contributed by atoms with Crippen LogP contribution < -0.4 is 0 Å². The fourth-order valence-electron chi connectivity index (χ4n) is 15.4. The minimum Gasteiger partial charge on any atom is -0.744 e. The monoisotopic (exact) mass is 1760 g/mol. The number of hydrogen-bond donors (Lipinski definition) is 0. The molecule has 0 N–H and O–H groups in total. The van der Waals surface area contributed by atoms with Crippen molar-refractivity contribution >= 4 is 81.9 Å². The summed E-state index contributed by atoms with van der Waals surface area (Å²) in [7, 11) is -10.1. The molecule has 0 aliphatic rings. The van der Waals surface area contributed by atoms with Crippen molar-refractivity contribution in [3.63, 3.8) is 0 Å². The van der Waals surface area contributed by atoms with E-state index in [1.165, 1.54) is 384 Å². The zero-order valence-corrected chi connectivity index (χ0v) is 81.9. The normalized spacial score (nSPS) is 11.8. The van der Waals surface area contributed by atoms with Crippen molar-refractivity contribution in [3.8, 4) is 0 Å². The predicted octanol–water partition coefficient (Wildman–Crippen LogP) is 31.8. The van der Waals surface area contributed by atoms with Gasteiger partial charge in [-0.25, -0.2) is 36.0 Å². The Morgan fingerprint density at radius 1 is 0.231 bits per heavy atom. The maximum absolute atomic E-state index is 13.0.